The van der Waals surface area contributed by atoms with Gasteiger partial charge in [0.1, 0.15) is 5.82 Å². The van der Waals surface area contributed by atoms with E-state index >= 15 is 0 Å². The van der Waals surface area contributed by atoms with E-state index in [9.17, 15) is 4.79 Å². The summed E-state index contributed by atoms with van der Waals surface area (Å²) in [6.07, 6.45) is 0. The molecule has 0 aliphatic carbocycles. The number of rotatable bonds is 4. The van der Waals surface area contributed by atoms with Crippen LogP contribution in [0.3, 0.4) is 0 Å². The predicted molar refractivity (Wildman–Crippen MR) is 77.6 cm³/mol. The van der Waals surface area contributed by atoms with E-state index in [4.69, 9.17) is 0 Å². The Kier molecular flexibility index (Phi) is 4.02. The maximum absolute atomic E-state index is 12.5. The molecule has 0 radical (unpaired) electrons. The number of nitrogens with zero attached hydrogens (tertiary/aromatic N) is 3. The van der Waals surface area contributed by atoms with Gasteiger partial charge in [-0.3, -0.25) is 9.89 Å². The Morgan fingerprint density at radius 1 is 1.40 bits per heavy atom. The van der Waals surface area contributed by atoms with Crippen molar-refractivity contribution >= 4 is 11.6 Å². The second kappa shape index (κ2) is 5.73. The lowest BCUT2D eigenvalue weighted by molar-refractivity contribution is 0.0782. The molecule has 1 heterocycles. The van der Waals surface area contributed by atoms with Gasteiger partial charge in [0.25, 0.3) is 5.91 Å². The average molecular weight is 273 g/mol. The van der Waals surface area contributed by atoms with Crippen LogP contribution in [-0.4, -0.2) is 40.1 Å². The van der Waals surface area contributed by atoms with E-state index in [1.807, 2.05) is 32.0 Å². The molecule has 2 rings (SSSR count). The fourth-order valence-electron chi connectivity index (χ4n) is 2.00. The van der Waals surface area contributed by atoms with Gasteiger partial charge in [0.05, 0.1) is 12.1 Å². The molecule has 6 heteroatoms. The van der Waals surface area contributed by atoms with Crippen molar-refractivity contribution in [3.63, 3.8) is 0 Å². The van der Waals surface area contributed by atoms with Gasteiger partial charge in [0.2, 0.25) is 0 Å². The van der Waals surface area contributed by atoms with Gasteiger partial charge >= 0.3 is 0 Å². The van der Waals surface area contributed by atoms with Crippen LogP contribution in [-0.2, 0) is 6.54 Å². The van der Waals surface area contributed by atoms with E-state index < -0.39 is 0 Å². The third-order valence-electron chi connectivity index (χ3n) is 3.04. The number of nitrogens with one attached hydrogen (secondary N) is 2. The lowest BCUT2D eigenvalue weighted by Gasteiger charge is -2.18. The molecule has 2 N–H and O–H groups in total. The van der Waals surface area contributed by atoms with E-state index in [0.29, 0.717) is 17.9 Å². The number of anilines is 1. The maximum atomic E-state index is 12.5. The van der Waals surface area contributed by atoms with Crippen LogP contribution in [0.25, 0.3) is 0 Å². The van der Waals surface area contributed by atoms with Crippen LogP contribution in [0.15, 0.2) is 18.2 Å². The number of H-pyrrole nitrogens is 1. The first-order valence-corrected chi connectivity index (χ1v) is 6.43. The largest absolute Gasteiger partial charge is 0.387 e. The molecule has 20 heavy (non-hydrogen) atoms. The minimum atomic E-state index is -0.0551. The van der Waals surface area contributed by atoms with Crippen LogP contribution in [0.1, 0.15) is 27.6 Å². The van der Waals surface area contributed by atoms with Crippen LogP contribution >= 0.6 is 0 Å². The molecule has 1 aromatic carbocycles. The molecular weight excluding hydrogens is 254 g/mol. The van der Waals surface area contributed by atoms with Gasteiger partial charge in [-0.25, -0.2) is 4.98 Å². The number of aromatic amines is 1. The summed E-state index contributed by atoms with van der Waals surface area (Å²) in [4.78, 5) is 18.3. The highest BCUT2D eigenvalue weighted by Crippen LogP contribution is 2.19. The third-order valence-corrected chi connectivity index (χ3v) is 3.04. The van der Waals surface area contributed by atoms with Crippen molar-refractivity contribution in [2.75, 3.05) is 19.4 Å². The van der Waals surface area contributed by atoms with Crippen molar-refractivity contribution in [1.82, 2.24) is 20.1 Å². The second-order valence-electron chi connectivity index (χ2n) is 4.80. The van der Waals surface area contributed by atoms with Crippen LogP contribution < -0.4 is 5.32 Å². The number of aryl methyl sites for hydroxylation is 2. The van der Waals surface area contributed by atoms with Gasteiger partial charge < -0.3 is 10.2 Å². The van der Waals surface area contributed by atoms with Crippen LogP contribution in [0.5, 0.6) is 0 Å². The Hall–Kier alpha value is -2.37. The van der Waals surface area contributed by atoms with Crippen LogP contribution in [0.2, 0.25) is 0 Å². The number of amides is 1. The summed E-state index contributed by atoms with van der Waals surface area (Å²) in [5.41, 5.74) is 2.52. The van der Waals surface area contributed by atoms with Crippen molar-refractivity contribution in [3.8, 4) is 0 Å². The molecule has 6 nitrogen and oxygen atoms in total. The first kappa shape index (κ1) is 14.0. The Labute approximate surface area is 118 Å². The van der Waals surface area contributed by atoms with Gasteiger partial charge in [-0.1, -0.05) is 11.6 Å². The monoisotopic (exact) mass is 273 g/mol. The standard InChI is InChI=1S/C14H19N5O/c1-9-5-6-12(15-3)11(7-9)14(20)19(4)8-13-16-10(2)17-18-13/h5-7,15H,8H2,1-4H3,(H,16,17,18). The van der Waals surface area contributed by atoms with E-state index in [1.54, 1.807) is 19.0 Å². The smallest absolute Gasteiger partial charge is 0.256 e. The van der Waals surface area contributed by atoms with Crippen molar-refractivity contribution in [1.29, 1.82) is 0 Å². The Morgan fingerprint density at radius 2 is 2.15 bits per heavy atom. The van der Waals surface area contributed by atoms with Crippen molar-refractivity contribution in [2.45, 2.75) is 20.4 Å². The molecular formula is C14H19N5O. The molecule has 2 aromatic rings. The molecule has 0 aliphatic heterocycles. The van der Waals surface area contributed by atoms with E-state index in [-0.39, 0.29) is 5.91 Å². The zero-order chi connectivity index (χ0) is 14.7. The number of hydrogen-bond donors (Lipinski definition) is 2. The minimum absolute atomic E-state index is 0.0551. The minimum Gasteiger partial charge on any atom is -0.387 e. The Balaban J connectivity index is 2.20. The number of carbonyl (C=O) groups is 1. The summed E-state index contributed by atoms with van der Waals surface area (Å²) in [7, 11) is 3.55. The quantitative estimate of drug-likeness (QED) is 0.889. The molecule has 0 unspecified atom stereocenters. The highest BCUT2D eigenvalue weighted by Gasteiger charge is 2.17. The molecule has 106 valence electrons. The Morgan fingerprint density at radius 3 is 2.75 bits per heavy atom. The number of benzene rings is 1. The molecule has 0 saturated carbocycles. The lowest BCUT2D eigenvalue weighted by Crippen LogP contribution is -2.27. The molecule has 0 fully saturated rings. The van der Waals surface area contributed by atoms with E-state index in [1.165, 1.54) is 0 Å². The molecule has 0 spiro atoms. The van der Waals surface area contributed by atoms with Crippen LogP contribution in [0, 0.1) is 13.8 Å². The summed E-state index contributed by atoms with van der Waals surface area (Å²) in [5.74, 6) is 1.30. The van der Waals surface area contributed by atoms with Gasteiger partial charge in [0.15, 0.2) is 5.82 Å². The highest BCUT2D eigenvalue weighted by molar-refractivity contribution is 5.99. The molecule has 1 amide bonds. The number of hydrogen-bond acceptors (Lipinski definition) is 4. The molecule has 0 saturated heterocycles. The number of carbonyl (C=O) groups excluding carboxylic acids is 1. The fourth-order valence-corrected chi connectivity index (χ4v) is 2.00. The topological polar surface area (TPSA) is 73.9 Å². The normalized spacial score (nSPS) is 10.4. The summed E-state index contributed by atoms with van der Waals surface area (Å²) >= 11 is 0. The van der Waals surface area contributed by atoms with Gasteiger partial charge in [-0.05, 0) is 26.0 Å². The molecule has 1 aromatic heterocycles. The summed E-state index contributed by atoms with van der Waals surface area (Å²) in [6.45, 7) is 4.17. The zero-order valence-corrected chi connectivity index (χ0v) is 12.2. The molecule has 0 aliphatic rings. The fraction of sp³-hybridized carbons (Fsp3) is 0.357. The number of aromatic nitrogens is 3. The van der Waals surface area contributed by atoms with Crippen LogP contribution in [0.4, 0.5) is 5.69 Å². The zero-order valence-electron chi connectivity index (χ0n) is 12.2. The highest BCUT2D eigenvalue weighted by atomic mass is 16.2. The molecule has 0 atom stereocenters. The predicted octanol–water partition coefficient (Wildman–Crippen LogP) is 1.74. The summed E-state index contributed by atoms with van der Waals surface area (Å²) in [6, 6.07) is 5.77. The van der Waals surface area contributed by atoms with E-state index in [2.05, 4.69) is 20.5 Å². The van der Waals surface area contributed by atoms with Gasteiger partial charge in [-0.2, -0.15) is 5.10 Å². The average Bonchev–Trinajstić information content (AvgIpc) is 2.83. The Bertz CT molecular complexity index is 620. The van der Waals surface area contributed by atoms with Crippen molar-refractivity contribution < 1.29 is 4.79 Å². The van der Waals surface area contributed by atoms with Gasteiger partial charge in [-0.15, -0.1) is 0 Å². The molecule has 0 bridgehead atoms. The van der Waals surface area contributed by atoms with Gasteiger partial charge in [0, 0.05) is 19.8 Å². The van der Waals surface area contributed by atoms with Crippen molar-refractivity contribution in [2.24, 2.45) is 0 Å². The third kappa shape index (κ3) is 2.96. The summed E-state index contributed by atoms with van der Waals surface area (Å²) in [5, 5.41) is 9.86. The van der Waals surface area contributed by atoms with E-state index in [0.717, 1.165) is 17.1 Å². The first-order chi connectivity index (χ1) is 9.51. The summed E-state index contributed by atoms with van der Waals surface area (Å²) < 4.78 is 0. The SMILES string of the molecule is CNc1ccc(C)cc1C(=O)N(C)Cc1n[nH]c(C)n1. The maximum Gasteiger partial charge on any atom is 0.256 e. The lowest BCUT2D eigenvalue weighted by atomic mass is 10.1. The van der Waals surface area contributed by atoms with Crippen molar-refractivity contribution in [3.05, 3.63) is 41.0 Å². The first-order valence-electron chi connectivity index (χ1n) is 6.43. The second-order valence-corrected chi connectivity index (χ2v) is 4.80.